The Balaban J connectivity index is 1.49. The molecule has 1 amide bonds. The van der Waals surface area contributed by atoms with Crippen molar-refractivity contribution >= 4 is 34.4 Å². The van der Waals surface area contributed by atoms with Crippen molar-refractivity contribution in [2.45, 2.75) is 6.54 Å². The molecule has 2 heterocycles. The number of aliphatic hydroxyl groups is 1. The summed E-state index contributed by atoms with van der Waals surface area (Å²) in [6, 6.07) is 8.35. The van der Waals surface area contributed by atoms with Gasteiger partial charge in [-0.15, -0.1) is 0 Å². The number of nitrogens with one attached hydrogen (secondary N) is 2. The molecule has 0 fully saturated rings. The second-order valence-electron chi connectivity index (χ2n) is 6.55. The number of nitrogens with zero attached hydrogens (tertiary/aromatic N) is 3. The van der Waals surface area contributed by atoms with Crippen molar-refractivity contribution in [3.63, 3.8) is 0 Å². The van der Waals surface area contributed by atoms with Gasteiger partial charge in [-0.1, -0.05) is 18.7 Å². The molecule has 150 valence electrons. The molecule has 0 saturated heterocycles. The van der Waals surface area contributed by atoms with Crippen molar-refractivity contribution in [1.29, 1.82) is 0 Å². The number of aromatic nitrogens is 3. The molecule has 0 unspecified atom stereocenters. The monoisotopic (exact) mass is 404 g/mol. The fourth-order valence-electron chi connectivity index (χ4n) is 2.96. The van der Waals surface area contributed by atoms with E-state index in [0.29, 0.717) is 17.0 Å². The van der Waals surface area contributed by atoms with Crippen LogP contribution in [0, 0.1) is 0 Å². The summed E-state index contributed by atoms with van der Waals surface area (Å²) in [4.78, 5) is 43.5. The van der Waals surface area contributed by atoms with E-state index in [1.165, 1.54) is 23.0 Å². The summed E-state index contributed by atoms with van der Waals surface area (Å²) in [5, 5.41) is 15.3. The lowest BCUT2D eigenvalue weighted by molar-refractivity contribution is 0.0946. The van der Waals surface area contributed by atoms with Crippen LogP contribution in [0.3, 0.4) is 0 Å². The zero-order valence-corrected chi connectivity index (χ0v) is 15.5. The Morgan fingerprint density at radius 1 is 1.23 bits per heavy atom. The van der Waals surface area contributed by atoms with Crippen LogP contribution < -0.4 is 27.2 Å². The van der Waals surface area contributed by atoms with Gasteiger partial charge in [0.15, 0.2) is 5.65 Å². The predicted octanol–water partition coefficient (Wildman–Crippen LogP) is 1.11. The molecule has 0 radical (unpaired) electrons. The average Bonchev–Trinajstić information content (AvgIpc) is 3.23. The highest BCUT2D eigenvalue weighted by atomic mass is 16.3. The van der Waals surface area contributed by atoms with Crippen molar-refractivity contribution in [1.82, 2.24) is 19.7 Å². The van der Waals surface area contributed by atoms with Crippen LogP contribution in [-0.2, 0) is 6.54 Å². The van der Waals surface area contributed by atoms with Gasteiger partial charge in [0, 0.05) is 12.2 Å². The van der Waals surface area contributed by atoms with Crippen LogP contribution in [-0.4, -0.2) is 25.4 Å². The highest BCUT2D eigenvalue weighted by Crippen LogP contribution is 2.19. The summed E-state index contributed by atoms with van der Waals surface area (Å²) < 4.78 is 1.52. The first kappa shape index (κ1) is 18.9. The largest absolute Gasteiger partial charge is 0.506 e. The van der Waals surface area contributed by atoms with E-state index in [2.05, 4.69) is 27.2 Å². The first-order valence-electron chi connectivity index (χ1n) is 8.79. The van der Waals surface area contributed by atoms with Crippen molar-refractivity contribution < 1.29 is 9.90 Å². The molecule has 0 spiro atoms. The summed E-state index contributed by atoms with van der Waals surface area (Å²) in [7, 11) is 0. The van der Waals surface area contributed by atoms with Crippen molar-refractivity contribution in [2.24, 2.45) is 0 Å². The lowest BCUT2D eigenvalue weighted by atomic mass is 10.1. The molecule has 5 N–H and O–H groups in total. The number of nitrogen functional groups attached to an aromatic ring is 1. The Kier molecular flexibility index (Phi) is 4.51. The smallest absolute Gasteiger partial charge is 0.270 e. The van der Waals surface area contributed by atoms with Crippen LogP contribution in [0.15, 0.2) is 59.0 Å². The minimum atomic E-state index is -0.700. The Morgan fingerprint density at radius 3 is 2.77 bits per heavy atom. The summed E-state index contributed by atoms with van der Waals surface area (Å²) in [6.07, 6.45) is 2.92. The number of hydrogen-bond acceptors (Lipinski definition) is 8. The van der Waals surface area contributed by atoms with E-state index in [-0.39, 0.29) is 29.4 Å². The van der Waals surface area contributed by atoms with Gasteiger partial charge in [-0.05, 0) is 23.8 Å². The lowest BCUT2D eigenvalue weighted by Crippen LogP contribution is -2.36. The third kappa shape index (κ3) is 3.26. The Morgan fingerprint density at radius 2 is 2.03 bits per heavy atom. The lowest BCUT2D eigenvalue weighted by Gasteiger charge is -2.12. The molecule has 0 aliphatic heterocycles. The second kappa shape index (κ2) is 7.17. The summed E-state index contributed by atoms with van der Waals surface area (Å²) in [6.45, 7) is 3.67. The molecule has 4 rings (SSSR count). The number of carbonyl (C=O) groups excluding carboxylic acids is 1. The van der Waals surface area contributed by atoms with Crippen molar-refractivity contribution in [2.75, 3.05) is 11.1 Å². The summed E-state index contributed by atoms with van der Waals surface area (Å²) >= 11 is 0. The number of carbonyl (C=O) groups is 1. The highest BCUT2D eigenvalue weighted by molar-refractivity contribution is 5.93. The first-order valence-corrected chi connectivity index (χ1v) is 8.79. The van der Waals surface area contributed by atoms with Gasteiger partial charge >= 0.3 is 0 Å². The van der Waals surface area contributed by atoms with Crippen LogP contribution >= 0.6 is 0 Å². The van der Waals surface area contributed by atoms with E-state index in [1.54, 1.807) is 24.3 Å². The Hall–Kier alpha value is -4.47. The van der Waals surface area contributed by atoms with Gasteiger partial charge in [-0.3, -0.25) is 18.8 Å². The van der Waals surface area contributed by atoms with E-state index < -0.39 is 16.8 Å². The Labute approximate surface area is 169 Å². The van der Waals surface area contributed by atoms with Gasteiger partial charge in [0.1, 0.15) is 29.2 Å². The zero-order valence-electron chi connectivity index (χ0n) is 15.5. The fourth-order valence-corrected chi connectivity index (χ4v) is 2.96. The van der Waals surface area contributed by atoms with Crippen molar-refractivity contribution in [3.05, 3.63) is 86.8 Å². The molecule has 2 aromatic heterocycles. The number of amides is 1. The van der Waals surface area contributed by atoms with Gasteiger partial charge in [0.2, 0.25) is 0 Å². The molecule has 10 nitrogen and oxygen atoms in total. The van der Waals surface area contributed by atoms with Gasteiger partial charge in [0.25, 0.3) is 16.8 Å². The predicted molar refractivity (Wildman–Crippen MR) is 111 cm³/mol. The topological polar surface area (TPSA) is 152 Å². The number of benzene rings is 1. The number of fused-ring (bicyclic) bond motifs is 1. The normalized spacial score (nSPS) is 10.9. The quantitative estimate of drug-likeness (QED) is 0.275. The number of nitrogens with two attached hydrogens (primary N) is 1. The van der Waals surface area contributed by atoms with Crippen LogP contribution in [0.2, 0.25) is 0 Å². The Bertz CT molecular complexity index is 1380. The molecule has 10 heteroatoms. The maximum atomic E-state index is 12.6. The molecule has 0 bridgehead atoms. The third-order valence-corrected chi connectivity index (χ3v) is 4.51. The molecule has 0 aliphatic carbocycles. The molecule has 0 atom stereocenters. The molecular weight excluding hydrogens is 388 g/mol. The van der Waals surface area contributed by atoms with Gasteiger partial charge in [-0.25, -0.2) is 9.97 Å². The maximum absolute atomic E-state index is 12.6. The number of aliphatic hydroxyl groups excluding tert-OH is 1. The van der Waals surface area contributed by atoms with E-state index in [0.717, 1.165) is 5.56 Å². The number of imidazole rings is 1. The van der Waals surface area contributed by atoms with E-state index in [1.807, 2.05) is 0 Å². The first-order chi connectivity index (χ1) is 14.3. The average molecular weight is 404 g/mol. The molecule has 4 aromatic rings. The van der Waals surface area contributed by atoms with Crippen LogP contribution in [0.1, 0.15) is 21.7 Å². The summed E-state index contributed by atoms with van der Waals surface area (Å²) in [5.74, 6) is -0.669. The molecule has 0 saturated carbocycles. The van der Waals surface area contributed by atoms with Crippen molar-refractivity contribution in [3.8, 4) is 0 Å². The highest BCUT2D eigenvalue weighted by Gasteiger charge is 2.18. The van der Waals surface area contributed by atoms with Crippen LogP contribution in [0.25, 0.3) is 11.4 Å². The fraction of sp³-hybridized carbons (Fsp3) is 0.0500. The minimum Gasteiger partial charge on any atom is -0.506 e. The van der Waals surface area contributed by atoms with E-state index in [4.69, 9.17) is 5.73 Å². The molecule has 0 aliphatic rings. The number of anilines is 3. The summed E-state index contributed by atoms with van der Waals surface area (Å²) in [5.41, 5.74) is 6.22. The maximum Gasteiger partial charge on any atom is 0.270 e. The number of rotatable bonds is 6. The van der Waals surface area contributed by atoms with Crippen LogP contribution in [0.5, 0.6) is 0 Å². The van der Waals surface area contributed by atoms with E-state index in [9.17, 15) is 19.5 Å². The molecule has 2 aromatic carbocycles. The van der Waals surface area contributed by atoms with Gasteiger partial charge < -0.3 is 21.5 Å². The standard InChI is InChI=1S/C20H16N6O4/c1-10(27)14-6-13(25-15-8-22-9-26(14)15)20(30)23-7-11-3-2-4-12(5-11)24-17-16(21)18(28)19(17)29/h2-6,8-9,24,27H,1,7,21H2,(H,23,30). The third-order valence-electron chi connectivity index (χ3n) is 4.51. The zero-order chi connectivity index (χ0) is 21.4. The second-order valence-corrected chi connectivity index (χ2v) is 6.55. The van der Waals surface area contributed by atoms with Crippen LogP contribution in [0.4, 0.5) is 17.1 Å². The molecule has 30 heavy (non-hydrogen) atoms. The molecular formula is C20H16N6O4. The van der Waals surface area contributed by atoms with E-state index >= 15 is 0 Å². The minimum absolute atomic E-state index is 0.0660. The SMILES string of the molecule is C=C(O)c1cc(C(=O)NCc2cccc(Nc3c(N)c(=O)c3=O)c2)nc2cncn12. The van der Waals surface area contributed by atoms with Gasteiger partial charge in [-0.2, -0.15) is 0 Å². The van der Waals surface area contributed by atoms with Gasteiger partial charge in [0.05, 0.1) is 11.9 Å². The number of hydrogen-bond donors (Lipinski definition) is 4.